The minimum absolute atomic E-state index is 0.275. The van der Waals surface area contributed by atoms with Crippen molar-refractivity contribution in [1.29, 1.82) is 0 Å². The molecule has 1 aromatic rings. The molecule has 0 amide bonds. The normalized spacial score (nSPS) is 18.6. The van der Waals surface area contributed by atoms with Gasteiger partial charge in [-0.25, -0.2) is 8.42 Å². The number of methoxy groups -OCH3 is 1. The van der Waals surface area contributed by atoms with Gasteiger partial charge in [-0.3, -0.25) is 0 Å². The lowest BCUT2D eigenvalue weighted by atomic mass is 10.5. The average Bonchev–Trinajstić information content (AvgIpc) is 2.79. The molecule has 7 heteroatoms. The summed E-state index contributed by atoms with van der Waals surface area (Å²) in [5, 5.41) is 1.71. The Labute approximate surface area is 98.6 Å². The van der Waals surface area contributed by atoms with Crippen molar-refractivity contribution in [2.45, 2.75) is 4.21 Å². The van der Waals surface area contributed by atoms with E-state index in [2.05, 4.69) is 0 Å². The van der Waals surface area contributed by atoms with Crippen molar-refractivity contribution in [1.82, 2.24) is 4.31 Å². The fourth-order valence-electron chi connectivity index (χ4n) is 1.53. The summed E-state index contributed by atoms with van der Waals surface area (Å²) in [6.07, 6.45) is 0. The van der Waals surface area contributed by atoms with Crippen LogP contribution in [0, 0.1) is 0 Å². The highest BCUT2D eigenvalue weighted by atomic mass is 32.2. The molecule has 1 aliphatic rings. The van der Waals surface area contributed by atoms with Gasteiger partial charge in [0.05, 0.1) is 20.3 Å². The van der Waals surface area contributed by atoms with Crippen LogP contribution < -0.4 is 4.74 Å². The summed E-state index contributed by atoms with van der Waals surface area (Å²) in [5.74, 6) is 0.413. The Hall–Kier alpha value is -0.630. The molecular formula is C9H13NO4S2. The highest BCUT2D eigenvalue weighted by molar-refractivity contribution is 7.91. The van der Waals surface area contributed by atoms with Gasteiger partial charge in [-0.05, 0) is 11.4 Å². The Balaban J connectivity index is 2.30. The second-order valence-corrected chi connectivity index (χ2v) is 6.34. The molecule has 5 nitrogen and oxygen atoms in total. The third-order valence-electron chi connectivity index (χ3n) is 2.36. The van der Waals surface area contributed by atoms with Crippen LogP contribution in [-0.2, 0) is 14.8 Å². The van der Waals surface area contributed by atoms with Crippen molar-refractivity contribution >= 4 is 21.4 Å². The highest BCUT2D eigenvalue weighted by Gasteiger charge is 2.30. The summed E-state index contributed by atoms with van der Waals surface area (Å²) in [6, 6.07) is 1.66. The third kappa shape index (κ3) is 2.08. The number of morpholine rings is 1. The van der Waals surface area contributed by atoms with E-state index < -0.39 is 10.0 Å². The van der Waals surface area contributed by atoms with E-state index in [0.717, 1.165) is 0 Å². The van der Waals surface area contributed by atoms with Crippen LogP contribution in [0.1, 0.15) is 0 Å². The lowest BCUT2D eigenvalue weighted by Crippen LogP contribution is -2.40. The Morgan fingerprint density at radius 3 is 2.75 bits per heavy atom. The first kappa shape index (κ1) is 11.8. The zero-order chi connectivity index (χ0) is 11.6. The molecule has 90 valence electrons. The van der Waals surface area contributed by atoms with Gasteiger partial charge >= 0.3 is 0 Å². The van der Waals surface area contributed by atoms with Crippen molar-refractivity contribution in [2.24, 2.45) is 0 Å². The van der Waals surface area contributed by atoms with Gasteiger partial charge in [-0.15, -0.1) is 11.3 Å². The highest BCUT2D eigenvalue weighted by Crippen LogP contribution is 2.32. The minimum atomic E-state index is -3.41. The van der Waals surface area contributed by atoms with Gasteiger partial charge in [0.15, 0.2) is 4.21 Å². The monoisotopic (exact) mass is 263 g/mol. The van der Waals surface area contributed by atoms with E-state index in [1.807, 2.05) is 0 Å². The molecule has 0 unspecified atom stereocenters. The van der Waals surface area contributed by atoms with E-state index in [4.69, 9.17) is 9.47 Å². The topological polar surface area (TPSA) is 55.8 Å². The van der Waals surface area contributed by atoms with Crippen LogP contribution in [0.3, 0.4) is 0 Å². The number of hydrogen-bond acceptors (Lipinski definition) is 5. The molecule has 0 radical (unpaired) electrons. The lowest BCUT2D eigenvalue weighted by Gasteiger charge is -2.25. The predicted molar refractivity (Wildman–Crippen MR) is 60.4 cm³/mol. The van der Waals surface area contributed by atoms with E-state index in [1.165, 1.54) is 22.8 Å². The minimum Gasteiger partial charge on any atom is -0.494 e. The molecule has 1 aliphatic heterocycles. The first-order valence-corrected chi connectivity index (χ1v) is 7.17. The van der Waals surface area contributed by atoms with Crippen LogP contribution >= 0.6 is 11.3 Å². The fourth-order valence-corrected chi connectivity index (χ4v) is 4.35. The number of nitrogens with zero attached hydrogens (tertiary/aromatic N) is 1. The maximum absolute atomic E-state index is 12.2. The van der Waals surface area contributed by atoms with Gasteiger partial charge in [-0.2, -0.15) is 4.31 Å². The molecule has 1 aromatic heterocycles. The van der Waals surface area contributed by atoms with Crippen LogP contribution in [0.2, 0.25) is 0 Å². The maximum Gasteiger partial charge on any atom is 0.256 e. The molecule has 0 spiro atoms. The summed E-state index contributed by atoms with van der Waals surface area (Å²) >= 11 is 1.18. The molecule has 0 aromatic carbocycles. The number of rotatable bonds is 3. The SMILES string of the molecule is COc1ccsc1S(=O)(=O)N1CCOCC1. The summed E-state index contributed by atoms with van der Waals surface area (Å²) in [6.45, 7) is 1.71. The van der Waals surface area contributed by atoms with Gasteiger partial charge in [0.25, 0.3) is 10.0 Å². The molecule has 16 heavy (non-hydrogen) atoms. The van der Waals surface area contributed by atoms with Gasteiger partial charge < -0.3 is 9.47 Å². The third-order valence-corrected chi connectivity index (χ3v) is 5.68. The van der Waals surface area contributed by atoms with Crippen molar-refractivity contribution in [3.05, 3.63) is 11.4 Å². The number of thiophene rings is 1. The second kappa shape index (κ2) is 4.70. The molecule has 0 bridgehead atoms. The van der Waals surface area contributed by atoms with E-state index in [0.29, 0.717) is 32.1 Å². The van der Waals surface area contributed by atoms with Gasteiger partial charge in [-0.1, -0.05) is 0 Å². The predicted octanol–water partition coefficient (Wildman–Crippen LogP) is 0.778. The molecule has 0 aliphatic carbocycles. The molecule has 1 saturated heterocycles. The van der Waals surface area contributed by atoms with E-state index >= 15 is 0 Å². The number of sulfonamides is 1. The van der Waals surface area contributed by atoms with Crippen LogP contribution in [0.5, 0.6) is 5.75 Å². The van der Waals surface area contributed by atoms with Crippen LogP contribution in [0.25, 0.3) is 0 Å². The van der Waals surface area contributed by atoms with Gasteiger partial charge in [0, 0.05) is 13.1 Å². The molecule has 1 fully saturated rings. The quantitative estimate of drug-likeness (QED) is 0.808. The first-order valence-electron chi connectivity index (χ1n) is 4.85. The van der Waals surface area contributed by atoms with Gasteiger partial charge in [0.1, 0.15) is 5.75 Å². The van der Waals surface area contributed by atoms with Crippen molar-refractivity contribution in [2.75, 3.05) is 33.4 Å². The van der Waals surface area contributed by atoms with Crippen LogP contribution in [0.4, 0.5) is 0 Å². The zero-order valence-electron chi connectivity index (χ0n) is 8.88. The Morgan fingerprint density at radius 2 is 2.12 bits per heavy atom. The summed E-state index contributed by atoms with van der Waals surface area (Å²) in [5.41, 5.74) is 0. The molecule has 0 N–H and O–H groups in total. The number of hydrogen-bond donors (Lipinski definition) is 0. The maximum atomic E-state index is 12.2. The molecule has 2 rings (SSSR count). The van der Waals surface area contributed by atoms with E-state index in [-0.39, 0.29) is 4.21 Å². The average molecular weight is 263 g/mol. The number of ether oxygens (including phenoxy) is 2. The zero-order valence-corrected chi connectivity index (χ0v) is 10.5. The Bertz CT molecular complexity index is 448. The van der Waals surface area contributed by atoms with Crippen molar-refractivity contribution in [3.8, 4) is 5.75 Å². The Morgan fingerprint density at radius 1 is 1.44 bits per heavy atom. The van der Waals surface area contributed by atoms with E-state index in [9.17, 15) is 8.42 Å². The largest absolute Gasteiger partial charge is 0.494 e. The second-order valence-electron chi connectivity index (χ2n) is 3.29. The molecule has 2 heterocycles. The van der Waals surface area contributed by atoms with Gasteiger partial charge in [0.2, 0.25) is 0 Å². The molecule has 0 atom stereocenters. The smallest absolute Gasteiger partial charge is 0.256 e. The Kier molecular flexibility index (Phi) is 3.48. The summed E-state index contributed by atoms with van der Waals surface area (Å²) in [4.78, 5) is 0. The lowest BCUT2D eigenvalue weighted by molar-refractivity contribution is 0.0730. The molecule has 0 saturated carbocycles. The van der Waals surface area contributed by atoms with Crippen molar-refractivity contribution in [3.63, 3.8) is 0 Å². The molecular weight excluding hydrogens is 250 g/mol. The standard InChI is InChI=1S/C9H13NO4S2/c1-13-8-2-7-15-9(8)16(11,12)10-3-5-14-6-4-10/h2,7H,3-6H2,1H3. The summed E-state index contributed by atoms with van der Waals surface area (Å²) in [7, 11) is -1.94. The van der Waals surface area contributed by atoms with Crippen molar-refractivity contribution < 1.29 is 17.9 Å². The van der Waals surface area contributed by atoms with Crippen LogP contribution in [-0.4, -0.2) is 46.1 Å². The fraction of sp³-hybridized carbons (Fsp3) is 0.556. The summed E-state index contributed by atoms with van der Waals surface area (Å²) < 4.78 is 36.3. The first-order chi connectivity index (χ1) is 7.66. The van der Waals surface area contributed by atoms with Crippen LogP contribution in [0.15, 0.2) is 15.7 Å². The van der Waals surface area contributed by atoms with E-state index in [1.54, 1.807) is 11.4 Å².